The van der Waals surface area contributed by atoms with Gasteiger partial charge in [-0.1, -0.05) is 29.4 Å². The van der Waals surface area contributed by atoms with Crippen molar-refractivity contribution < 1.29 is 18.9 Å². The van der Waals surface area contributed by atoms with Gasteiger partial charge in [0.05, 0.1) is 16.8 Å². The highest BCUT2D eigenvalue weighted by Crippen LogP contribution is 2.13. The van der Waals surface area contributed by atoms with Gasteiger partial charge in [-0.15, -0.1) is 0 Å². The predicted molar refractivity (Wildman–Crippen MR) is 86.3 cm³/mol. The van der Waals surface area contributed by atoms with Crippen LogP contribution < -0.4 is 5.32 Å². The molecule has 1 amide bonds. The summed E-state index contributed by atoms with van der Waals surface area (Å²) < 4.78 is 13.4. The molecule has 0 radical (unpaired) electrons. The fourth-order valence-corrected chi connectivity index (χ4v) is 1.75. The summed E-state index contributed by atoms with van der Waals surface area (Å²) in [5, 5.41) is 16.7. The molecule has 24 heavy (non-hydrogen) atoms. The Balaban J connectivity index is 1.93. The normalized spacial score (nSPS) is 11.9. The molecular formula is C16H14FN3O4. The van der Waals surface area contributed by atoms with Crippen molar-refractivity contribution in [1.29, 1.82) is 0 Å². The number of nitrogens with one attached hydrogen (secondary N) is 1. The van der Waals surface area contributed by atoms with Crippen LogP contribution in [-0.2, 0) is 9.63 Å². The zero-order valence-electron chi connectivity index (χ0n) is 12.7. The number of halogens is 1. The molecule has 0 saturated heterocycles. The van der Waals surface area contributed by atoms with Gasteiger partial charge in [0.2, 0.25) is 6.10 Å². The third kappa shape index (κ3) is 4.60. The maximum Gasteiger partial charge on any atom is 0.270 e. The average Bonchev–Trinajstić information content (AvgIpc) is 2.57. The zero-order chi connectivity index (χ0) is 17.5. The average molecular weight is 331 g/mol. The number of non-ortho nitro benzene ring substituents is 1. The SMILES string of the molecule is CC(O/N=C/c1cccc([N+](=O)[O-])c1)C(=O)Nc1ccccc1F. The minimum atomic E-state index is -0.973. The van der Waals surface area contributed by atoms with Crippen molar-refractivity contribution in [3.05, 3.63) is 70.0 Å². The lowest BCUT2D eigenvalue weighted by atomic mass is 10.2. The molecule has 1 atom stereocenters. The van der Waals surface area contributed by atoms with Gasteiger partial charge in [0.1, 0.15) is 5.82 Å². The van der Waals surface area contributed by atoms with Crippen LogP contribution >= 0.6 is 0 Å². The summed E-state index contributed by atoms with van der Waals surface area (Å²) in [5.41, 5.74) is 0.413. The summed E-state index contributed by atoms with van der Waals surface area (Å²) in [6, 6.07) is 11.5. The number of carbonyl (C=O) groups excluding carboxylic acids is 1. The summed E-state index contributed by atoms with van der Waals surface area (Å²) >= 11 is 0. The Morgan fingerprint density at radius 2 is 2.08 bits per heavy atom. The number of rotatable bonds is 6. The molecular weight excluding hydrogens is 317 g/mol. The molecule has 0 bridgehead atoms. The Bertz CT molecular complexity index is 779. The first-order chi connectivity index (χ1) is 11.5. The Hall–Kier alpha value is -3.29. The predicted octanol–water partition coefficient (Wildman–Crippen LogP) is 3.11. The topological polar surface area (TPSA) is 93.8 Å². The number of carbonyl (C=O) groups is 1. The number of nitrogens with zero attached hydrogens (tertiary/aromatic N) is 2. The second-order valence-corrected chi connectivity index (χ2v) is 4.80. The van der Waals surface area contributed by atoms with Gasteiger partial charge in [-0.05, 0) is 19.1 Å². The molecule has 0 saturated carbocycles. The molecule has 0 aliphatic rings. The highest BCUT2D eigenvalue weighted by atomic mass is 19.1. The molecule has 2 rings (SSSR count). The van der Waals surface area contributed by atoms with E-state index >= 15 is 0 Å². The fraction of sp³-hybridized carbons (Fsp3) is 0.125. The van der Waals surface area contributed by atoms with Crippen molar-refractivity contribution in [3.8, 4) is 0 Å². The smallest absolute Gasteiger partial charge is 0.270 e. The highest BCUT2D eigenvalue weighted by molar-refractivity contribution is 5.94. The lowest BCUT2D eigenvalue weighted by Gasteiger charge is -2.10. The lowest BCUT2D eigenvalue weighted by molar-refractivity contribution is -0.384. The number of nitro benzene ring substituents is 1. The van der Waals surface area contributed by atoms with E-state index in [4.69, 9.17) is 4.84 Å². The minimum absolute atomic E-state index is 0.0422. The van der Waals surface area contributed by atoms with Gasteiger partial charge >= 0.3 is 0 Å². The number of nitro groups is 1. The van der Waals surface area contributed by atoms with Crippen molar-refractivity contribution in [2.24, 2.45) is 5.16 Å². The monoisotopic (exact) mass is 331 g/mol. The molecule has 1 unspecified atom stereocenters. The molecule has 0 aliphatic heterocycles. The number of hydrogen-bond acceptors (Lipinski definition) is 5. The third-order valence-electron chi connectivity index (χ3n) is 3.00. The van der Waals surface area contributed by atoms with Gasteiger partial charge in [0.15, 0.2) is 0 Å². The van der Waals surface area contributed by atoms with Crippen LogP contribution in [0.1, 0.15) is 12.5 Å². The zero-order valence-corrected chi connectivity index (χ0v) is 12.7. The molecule has 124 valence electrons. The molecule has 0 aromatic heterocycles. The molecule has 0 aliphatic carbocycles. The molecule has 2 aromatic carbocycles. The number of benzene rings is 2. The molecule has 8 heteroatoms. The summed E-state index contributed by atoms with van der Waals surface area (Å²) in [6.45, 7) is 1.45. The first kappa shape index (κ1) is 17.1. The molecule has 2 aromatic rings. The second-order valence-electron chi connectivity index (χ2n) is 4.80. The largest absolute Gasteiger partial charge is 0.383 e. The Morgan fingerprint density at radius 3 is 2.79 bits per heavy atom. The van der Waals surface area contributed by atoms with Crippen LogP contribution in [0.15, 0.2) is 53.7 Å². The summed E-state index contributed by atoms with van der Waals surface area (Å²) in [5.74, 6) is -1.13. The van der Waals surface area contributed by atoms with E-state index in [1.807, 2.05) is 0 Å². The number of para-hydroxylation sites is 1. The van der Waals surface area contributed by atoms with Crippen LogP contribution in [0.4, 0.5) is 15.8 Å². The summed E-state index contributed by atoms with van der Waals surface area (Å²) in [4.78, 5) is 27.0. The van der Waals surface area contributed by atoms with Gasteiger partial charge in [0, 0.05) is 17.7 Å². The molecule has 0 spiro atoms. The van der Waals surface area contributed by atoms with Gasteiger partial charge in [-0.2, -0.15) is 0 Å². The maximum atomic E-state index is 13.4. The van der Waals surface area contributed by atoms with Crippen molar-refractivity contribution in [2.75, 3.05) is 5.32 Å². The number of anilines is 1. The summed E-state index contributed by atoms with van der Waals surface area (Å²) in [6.07, 6.45) is 0.277. The minimum Gasteiger partial charge on any atom is -0.383 e. The van der Waals surface area contributed by atoms with Gasteiger partial charge in [-0.25, -0.2) is 4.39 Å². The van der Waals surface area contributed by atoms with Crippen LogP contribution in [0.3, 0.4) is 0 Å². The Kier molecular flexibility index (Phi) is 5.56. The van der Waals surface area contributed by atoms with Gasteiger partial charge in [-0.3, -0.25) is 14.9 Å². The molecule has 0 fully saturated rings. The van der Waals surface area contributed by atoms with Crippen LogP contribution in [-0.4, -0.2) is 23.1 Å². The van der Waals surface area contributed by atoms with Crippen molar-refractivity contribution >= 4 is 23.5 Å². The van der Waals surface area contributed by atoms with E-state index in [0.29, 0.717) is 5.56 Å². The van der Waals surface area contributed by atoms with Crippen LogP contribution in [0.5, 0.6) is 0 Å². The standard InChI is InChI=1S/C16H14FN3O4/c1-11(16(21)19-15-8-3-2-7-14(15)17)24-18-10-12-5-4-6-13(9-12)20(22)23/h2-11H,1H3,(H,19,21)/b18-10+. The molecule has 1 N–H and O–H groups in total. The van der Waals surface area contributed by atoms with Gasteiger partial charge in [0.25, 0.3) is 11.6 Å². The summed E-state index contributed by atoms with van der Waals surface area (Å²) in [7, 11) is 0. The van der Waals surface area contributed by atoms with E-state index in [2.05, 4.69) is 10.5 Å². The Morgan fingerprint density at radius 1 is 1.33 bits per heavy atom. The lowest BCUT2D eigenvalue weighted by Crippen LogP contribution is -2.26. The van der Waals surface area contributed by atoms with E-state index in [1.54, 1.807) is 12.1 Å². The first-order valence-corrected chi connectivity index (χ1v) is 6.96. The maximum absolute atomic E-state index is 13.4. The van der Waals surface area contributed by atoms with Crippen LogP contribution in [0.25, 0.3) is 0 Å². The number of hydrogen-bond donors (Lipinski definition) is 1. The van der Waals surface area contributed by atoms with Crippen molar-refractivity contribution in [1.82, 2.24) is 0 Å². The van der Waals surface area contributed by atoms with E-state index in [-0.39, 0.29) is 11.4 Å². The van der Waals surface area contributed by atoms with Gasteiger partial charge < -0.3 is 10.2 Å². The van der Waals surface area contributed by atoms with Crippen LogP contribution in [0, 0.1) is 15.9 Å². The second kappa shape index (κ2) is 7.82. The van der Waals surface area contributed by atoms with E-state index in [9.17, 15) is 19.3 Å². The van der Waals surface area contributed by atoms with E-state index < -0.39 is 22.8 Å². The fourth-order valence-electron chi connectivity index (χ4n) is 1.75. The number of amides is 1. The first-order valence-electron chi connectivity index (χ1n) is 6.96. The molecule has 0 heterocycles. The highest BCUT2D eigenvalue weighted by Gasteiger charge is 2.15. The van der Waals surface area contributed by atoms with E-state index in [0.717, 1.165) is 0 Å². The van der Waals surface area contributed by atoms with E-state index in [1.165, 1.54) is 49.5 Å². The van der Waals surface area contributed by atoms with Crippen molar-refractivity contribution in [2.45, 2.75) is 13.0 Å². The number of oxime groups is 1. The van der Waals surface area contributed by atoms with Crippen LogP contribution in [0.2, 0.25) is 0 Å². The molecule has 7 nitrogen and oxygen atoms in total. The Labute approximate surface area is 136 Å². The van der Waals surface area contributed by atoms with Crippen molar-refractivity contribution in [3.63, 3.8) is 0 Å². The third-order valence-corrected chi connectivity index (χ3v) is 3.00. The quantitative estimate of drug-likeness (QED) is 0.500.